The summed E-state index contributed by atoms with van der Waals surface area (Å²) in [6.45, 7) is 7.84. The largest absolute Gasteiger partial charge is 0.466 e. The minimum Gasteiger partial charge on any atom is -0.466 e. The van der Waals surface area contributed by atoms with E-state index in [4.69, 9.17) is 27.9 Å². The summed E-state index contributed by atoms with van der Waals surface area (Å²) in [6.07, 6.45) is 0.297. The number of hydrogen-bond acceptors (Lipinski definition) is 5. The molecule has 2 aromatic carbocycles. The smallest absolute Gasteiger partial charge is 0.332 e. The molecule has 2 atom stereocenters. The molecule has 0 spiro atoms. The first-order valence-corrected chi connectivity index (χ1v) is 13.2. The van der Waals surface area contributed by atoms with Crippen LogP contribution in [-0.4, -0.2) is 46.9 Å². The Kier molecular flexibility index (Phi) is 7.60. The Hall–Kier alpha value is -3.34. The molecule has 198 valence electrons. The second kappa shape index (κ2) is 10.4. The SMILES string of the molecule is CCOC(=O)CCN1C(=O)C2=C(c3cccc(Cl)c3)[C@](C#N)(c3ccc(Cl)cc3)[C@H](CC(C)(C)C)N2C1=O. The van der Waals surface area contributed by atoms with Gasteiger partial charge >= 0.3 is 12.0 Å². The summed E-state index contributed by atoms with van der Waals surface area (Å²) in [5.74, 6) is -1.05. The van der Waals surface area contributed by atoms with Gasteiger partial charge in [0.05, 0.1) is 25.1 Å². The van der Waals surface area contributed by atoms with Gasteiger partial charge in [-0.2, -0.15) is 5.26 Å². The molecule has 1 saturated heterocycles. The molecule has 2 aromatic rings. The summed E-state index contributed by atoms with van der Waals surface area (Å²) in [7, 11) is 0. The molecule has 1 fully saturated rings. The van der Waals surface area contributed by atoms with Crippen LogP contribution in [0.15, 0.2) is 54.2 Å². The third kappa shape index (κ3) is 4.79. The number of nitriles is 1. The van der Waals surface area contributed by atoms with Crippen LogP contribution in [0.25, 0.3) is 5.57 Å². The lowest BCUT2D eigenvalue weighted by atomic mass is 9.66. The van der Waals surface area contributed by atoms with E-state index >= 15 is 0 Å². The Morgan fingerprint density at radius 3 is 2.37 bits per heavy atom. The molecule has 4 rings (SSSR count). The van der Waals surface area contributed by atoms with Crippen LogP contribution in [0.1, 0.15) is 51.7 Å². The van der Waals surface area contributed by atoms with Gasteiger partial charge in [-0.3, -0.25) is 19.4 Å². The second-order valence-electron chi connectivity index (χ2n) is 10.6. The van der Waals surface area contributed by atoms with Crippen molar-refractivity contribution in [3.8, 4) is 6.07 Å². The van der Waals surface area contributed by atoms with E-state index in [9.17, 15) is 19.6 Å². The molecule has 2 aliphatic heterocycles. The lowest BCUT2D eigenvalue weighted by Gasteiger charge is -2.39. The van der Waals surface area contributed by atoms with Crippen molar-refractivity contribution in [1.82, 2.24) is 9.80 Å². The van der Waals surface area contributed by atoms with E-state index in [-0.39, 0.29) is 30.7 Å². The van der Waals surface area contributed by atoms with Gasteiger partial charge < -0.3 is 4.74 Å². The number of imide groups is 1. The number of amides is 3. The maximum Gasteiger partial charge on any atom is 0.332 e. The third-order valence-corrected chi connectivity index (χ3v) is 7.30. The molecule has 0 N–H and O–H groups in total. The van der Waals surface area contributed by atoms with Gasteiger partial charge in [0.2, 0.25) is 0 Å². The van der Waals surface area contributed by atoms with E-state index in [2.05, 4.69) is 6.07 Å². The molecule has 0 aromatic heterocycles. The Bertz CT molecular complexity index is 1360. The number of esters is 1. The van der Waals surface area contributed by atoms with Crippen molar-refractivity contribution >= 4 is 46.7 Å². The van der Waals surface area contributed by atoms with E-state index in [1.165, 1.54) is 4.90 Å². The fourth-order valence-electron chi connectivity index (χ4n) is 5.32. The summed E-state index contributed by atoms with van der Waals surface area (Å²) < 4.78 is 4.99. The molecule has 3 amide bonds. The van der Waals surface area contributed by atoms with Crippen molar-refractivity contribution in [1.29, 1.82) is 5.26 Å². The van der Waals surface area contributed by atoms with Crippen molar-refractivity contribution in [2.75, 3.05) is 13.2 Å². The van der Waals surface area contributed by atoms with Crippen LogP contribution in [0.5, 0.6) is 0 Å². The number of urea groups is 1. The highest BCUT2D eigenvalue weighted by Gasteiger charge is 2.63. The summed E-state index contributed by atoms with van der Waals surface area (Å²) in [6, 6.07) is 15.1. The summed E-state index contributed by atoms with van der Waals surface area (Å²) in [5.41, 5.74) is 0.0441. The van der Waals surface area contributed by atoms with Gasteiger partial charge in [-0.15, -0.1) is 0 Å². The molecule has 0 aliphatic carbocycles. The van der Waals surface area contributed by atoms with Gasteiger partial charge in [0.1, 0.15) is 11.1 Å². The predicted octanol–water partition coefficient (Wildman–Crippen LogP) is 6.20. The van der Waals surface area contributed by atoms with Crippen LogP contribution in [0, 0.1) is 16.7 Å². The minimum atomic E-state index is -1.38. The first kappa shape index (κ1) is 27.7. The normalized spacial score (nSPS) is 21.1. The molecule has 9 heteroatoms. The number of rotatable bonds is 7. The molecule has 2 aliphatic rings. The third-order valence-electron chi connectivity index (χ3n) is 6.81. The van der Waals surface area contributed by atoms with Crippen LogP contribution in [0.2, 0.25) is 10.0 Å². The number of carbonyl (C=O) groups is 3. The number of hydrogen-bond donors (Lipinski definition) is 0. The zero-order valence-electron chi connectivity index (χ0n) is 21.8. The zero-order valence-corrected chi connectivity index (χ0v) is 23.3. The molecule has 7 nitrogen and oxygen atoms in total. The Morgan fingerprint density at radius 2 is 1.79 bits per heavy atom. The second-order valence-corrected chi connectivity index (χ2v) is 11.5. The molecular formula is C29H29Cl2N3O4. The fraction of sp³-hybridized carbons (Fsp3) is 0.379. The van der Waals surface area contributed by atoms with E-state index in [0.29, 0.717) is 33.2 Å². The number of nitrogens with zero attached hydrogens (tertiary/aromatic N) is 3. The van der Waals surface area contributed by atoms with Gasteiger partial charge in [-0.1, -0.05) is 68.2 Å². The standard InChI is InChI=1S/C29H29Cl2N3O4/c1-5-38-23(35)13-14-33-26(36)25-24(18-7-6-8-21(31)15-18)29(17-32,19-9-11-20(30)12-10-19)22(16-28(2,3)4)34(25)27(33)37/h6-12,15,22H,5,13-14,16H2,1-4H3/t22-,29+/m0/s1. The zero-order chi connectivity index (χ0) is 27.8. The Balaban J connectivity index is 1.99. The Morgan fingerprint density at radius 1 is 1.11 bits per heavy atom. The van der Waals surface area contributed by atoms with Gasteiger partial charge in [-0.05, 0) is 54.2 Å². The maximum absolute atomic E-state index is 13.9. The summed E-state index contributed by atoms with van der Waals surface area (Å²) in [5, 5.41) is 11.9. The highest BCUT2D eigenvalue weighted by atomic mass is 35.5. The molecule has 0 saturated carbocycles. The average Bonchev–Trinajstić information content (AvgIpc) is 3.26. The van der Waals surface area contributed by atoms with Crippen LogP contribution in [-0.2, 0) is 19.7 Å². The quantitative estimate of drug-likeness (QED) is 0.300. The van der Waals surface area contributed by atoms with E-state index in [0.717, 1.165) is 4.90 Å². The van der Waals surface area contributed by atoms with E-state index in [1.807, 2.05) is 20.8 Å². The number of ether oxygens (including phenoxy) is 1. The highest BCUT2D eigenvalue weighted by molar-refractivity contribution is 6.31. The van der Waals surface area contributed by atoms with Gasteiger partial charge in [0.25, 0.3) is 5.91 Å². The number of fused-ring (bicyclic) bond motifs is 1. The minimum absolute atomic E-state index is 0.122. The van der Waals surface area contributed by atoms with E-state index in [1.54, 1.807) is 55.5 Å². The highest BCUT2D eigenvalue weighted by Crippen LogP contribution is 2.56. The van der Waals surface area contributed by atoms with Crippen molar-refractivity contribution in [2.45, 2.75) is 52.0 Å². The van der Waals surface area contributed by atoms with Crippen molar-refractivity contribution in [2.24, 2.45) is 5.41 Å². The lowest BCUT2D eigenvalue weighted by Crippen LogP contribution is -2.49. The lowest BCUT2D eigenvalue weighted by molar-refractivity contribution is -0.143. The van der Waals surface area contributed by atoms with Crippen LogP contribution < -0.4 is 0 Å². The summed E-state index contributed by atoms with van der Waals surface area (Å²) >= 11 is 12.6. The average molecular weight is 554 g/mol. The van der Waals surface area contributed by atoms with E-state index < -0.39 is 29.4 Å². The van der Waals surface area contributed by atoms with Gasteiger partial charge in [-0.25, -0.2) is 4.79 Å². The first-order chi connectivity index (χ1) is 17.9. The molecule has 0 radical (unpaired) electrons. The molecule has 0 bridgehead atoms. The molecule has 2 heterocycles. The fourth-order valence-corrected chi connectivity index (χ4v) is 5.63. The predicted molar refractivity (Wildman–Crippen MR) is 145 cm³/mol. The maximum atomic E-state index is 13.9. The first-order valence-electron chi connectivity index (χ1n) is 12.4. The topological polar surface area (TPSA) is 90.7 Å². The number of benzene rings is 2. The van der Waals surface area contributed by atoms with Crippen LogP contribution >= 0.6 is 23.2 Å². The number of carbonyl (C=O) groups excluding carboxylic acids is 3. The van der Waals surface area contributed by atoms with Gasteiger partial charge in [0, 0.05) is 22.2 Å². The van der Waals surface area contributed by atoms with Crippen LogP contribution in [0.4, 0.5) is 4.79 Å². The Labute approximate surface area is 232 Å². The molecular weight excluding hydrogens is 525 g/mol. The molecule has 38 heavy (non-hydrogen) atoms. The summed E-state index contributed by atoms with van der Waals surface area (Å²) in [4.78, 5) is 42.4. The van der Waals surface area contributed by atoms with Crippen molar-refractivity contribution < 1.29 is 19.1 Å². The molecule has 0 unspecified atom stereocenters. The van der Waals surface area contributed by atoms with Crippen molar-refractivity contribution in [3.63, 3.8) is 0 Å². The number of halogens is 2. The van der Waals surface area contributed by atoms with Gasteiger partial charge in [0.15, 0.2) is 0 Å². The monoisotopic (exact) mass is 553 g/mol. The van der Waals surface area contributed by atoms with Crippen LogP contribution in [0.3, 0.4) is 0 Å². The van der Waals surface area contributed by atoms with Crippen molar-refractivity contribution in [3.05, 3.63) is 75.4 Å².